The molecule has 0 radical (unpaired) electrons. The van der Waals surface area contributed by atoms with Crippen LogP contribution in [0.4, 0.5) is 5.88 Å². The first-order valence-corrected chi connectivity index (χ1v) is 7.11. The van der Waals surface area contributed by atoms with Crippen molar-refractivity contribution < 1.29 is 19.2 Å². The lowest BCUT2D eigenvalue weighted by molar-refractivity contribution is -0.143. The van der Waals surface area contributed by atoms with E-state index in [1.165, 1.54) is 0 Å². The molecule has 0 spiro atoms. The van der Waals surface area contributed by atoms with Crippen molar-refractivity contribution in [3.63, 3.8) is 0 Å². The standard InChI is InChI=1S/C14H21N3O4/c1-8(2)10-6-12(21-16-10)15-11(18)7-17-5-4-9(3)13(17)14(19)20/h6,8-9,13H,4-5,7H2,1-3H3,(H,15,18)(H,19,20). The van der Waals surface area contributed by atoms with Crippen molar-refractivity contribution in [3.05, 3.63) is 11.8 Å². The van der Waals surface area contributed by atoms with Gasteiger partial charge in [0.05, 0.1) is 12.2 Å². The van der Waals surface area contributed by atoms with Crippen LogP contribution >= 0.6 is 0 Å². The van der Waals surface area contributed by atoms with E-state index in [4.69, 9.17) is 4.52 Å². The van der Waals surface area contributed by atoms with Crippen LogP contribution in [0, 0.1) is 5.92 Å². The Labute approximate surface area is 123 Å². The van der Waals surface area contributed by atoms with E-state index in [0.29, 0.717) is 12.4 Å². The normalized spacial score (nSPS) is 22.7. The lowest BCUT2D eigenvalue weighted by atomic mass is 10.0. The molecule has 0 bridgehead atoms. The topological polar surface area (TPSA) is 95.7 Å². The molecule has 21 heavy (non-hydrogen) atoms. The van der Waals surface area contributed by atoms with Gasteiger partial charge in [-0.25, -0.2) is 0 Å². The number of rotatable bonds is 5. The van der Waals surface area contributed by atoms with Crippen molar-refractivity contribution in [2.45, 2.75) is 39.2 Å². The van der Waals surface area contributed by atoms with Crippen LogP contribution in [0.1, 0.15) is 38.8 Å². The summed E-state index contributed by atoms with van der Waals surface area (Å²) in [4.78, 5) is 24.9. The summed E-state index contributed by atoms with van der Waals surface area (Å²) in [6.07, 6.45) is 0.782. The molecule has 2 unspecified atom stereocenters. The van der Waals surface area contributed by atoms with E-state index in [1.807, 2.05) is 20.8 Å². The molecule has 1 aliphatic heterocycles. The molecule has 7 heteroatoms. The van der Waals surface area contributed by atoms with Gasteiger partial charge in [0.1, 0.15) is 6.04 Å². The molecule has 116 valence electrons. The van der Waals surface area contributed by atoms with Crippen molar-refractivity contribution in [1.29, 1.82) is 0 Å². The van der Waals surface area contributed by atoms with E-state index in [9.17, 15) is 14.7 Å². The molecule has 0 aromatic carbocycles. The molecule has 1 saturated heterocycles. The van der Waals surface area contributed by atoms with E-state index in [2.05, 4.69) is 10.5 Å². The van der Waals surface area contributed by atoms with Crippen molar-refractivity contribution in [2.24, 2.45) is 5.92 Å². The van der Waals surface area contributed by atoms with Crippen LogP contribution in [0.2, 0.25) is 0 Å². The molecule has 1 aromatic heterocycles. The number of hydrogen-bond acceptors (Lipinski definition) is 5. The minimum atomic E-state index is -0.880. The molecule has 1 amide bonds. The highest BCUT2D eigenvalue weighted by molar-refractivity contribution is 5.91. The predicted octanol–water partition coefficient (Wildman–Crippen LogP) is 1.53. The number of likely N-dealkylation sites (tertiary alicyclic amines) is 1. The van der Waals surface area contributed by atoms with Gasteiger partial charge in [-0.1, -0.05) is 25.9 Å². The van der Waals surface area contributed by atoms with Gasteiger partial charge in [0, 0.05) is 6.07 Å². The SMILES string of the molecule is CC(C)c1cc(NC(=O)CN2CCC(C)C2C(=O)O)on1. The third kappa shape index (κ3) is 3.60. The van der Waals surface area contributed by atoms with Gasteiger partial charge in [-0.2, -0.15) is 0 Å². The molecule has 2 atom stereocenters. The van der Waals surface area contributed by atoms with Crippen LogP contribution < -0.4 is 5.32 Å². The van der Waals surface area contributed by atoms with Crippen molar-refractivity contribution in [2.75, 3.05) is 18.4 Å². The summed E-state index contributed by atoms with van der Waals surface area (Å²) in [6, 6.07) is 1.08. The van der Waals surface area contributed by atoms with Crippen LogP contribution in [0.25, 0.3) is 0 Å². The number of anilines is 1. The lowest BCUT2D eigenvalue weighted by Gasteiger charge is -2.21. The van der Waals surface area contributed by atoms with Crippen LogP contribution in [-0.2, 0) is 9.59 Å². The van der Waals surface area contributed by atoms with Crippen LogP contribution in [0.5, 0.6) is 0 Å². The summed E-state index contributed by atoms with van der Waals surface area (Å²) < 4.78 is 5.04. The first-order valence-electron chi connectivity index (χ1n) is 7.11. The molecule has 0 saturated carbocycles. The second kappa shape index (κ2) is 6.26. The van der Waals surface area contributed by atoms with Gasteiger partial charge in [0.25, 0.3) is 0 Å². The van der Waals surface area contributed by atoms with E-state index in [1.54, 1.807) is 11.0 Å². The Balaban J connectivity index is 1.93. The molecular weight excluding hydrogens is 274 g/mol. The number of aliphatic carboxylic acids is 1. The molecule has 1 fully saturated rings. The van der Waals surface area contributed by atoms with Crippen LogP contribution in [-0.4, -0.2) is 46.2 Å². The third-order valence-electron chi connectivity index (χ3n) is 3.79. The minimum Gasteiger partial charge on any atom is -0.480 e. The Morgan fingerprint density at radius 1 is 1.57 bits per heavy atom. The number of amides is 1. The number of hydrogen-bond donors (Lipinski definition) is 2. The molecule has 2 heterocycles. The number of aromatic nitrogens is 1. The number of carbonyl (C=O) groups is 2. The summed E-state index contributed by atoms with van der Waals surface area (Å²) in [7, 11) is 0. The third-order valence-corrected chi connectivity index (χ3v) is 3.79. The Morgan fingerprint density at radius 3 is 2.86 bits per heavy atom. The fraction of sp³-hybridized carbons (Fsp3) is 0.643. The number of carboxylic acid groups (broad SMARTS) is 1. The summed E-state index contributed by atoms with van der Waals surface area (Å²) in [5.74, 6) is -0.609. The Morgan fingerprint density at radius 2 is 2.29 bits per heavy atom. The van der Waals surface area contributed by atoms with Gasteiger partial charge in [-0.05, 0) is 24.8 Å². The largest absolute Gasteiger partial charge is 0.480 e. The summed E-state index contributed by atoms with van der Waals surface area (Å²) in [5.41, 5.74) is 0.767. The van der Waals surface area contributed by atoms with Crippen molar-refractivity contribution in [3.8, 4) is 0 Å². The van der Waals surface area contributed by atoms with E-state index >= 15 is 0 Å². The fourth-order valence-electron chi connectivity index (χ4n) is 2.58. The second-order valence-corrected chi connectivity index (χ2v) is 5.84. The van der Waals surface area contributed by atoms with Crippen molar-refractivity contribution >= 4 is 17.8 Å². The van der Waals surface area contributed by atoms with Gasteiger partial charge in [0.15, 0.2) is 0 Å². The number of nitrogens with zero attached hydrogens (tertiary/aromatic N) is 2. The maximum atomic E-state index is 12.0. The fourth-order valence-corrected chi connectivity index (χ4v) is 2.58. The zero-order chi connectivity index (χ0) is 15.6. The number of carboxylic acids is 1. The molecule has 1 aromatic rings. The Kier molecular flexibility index (Phi) is 4.62. The zero-order valence-corrected chi connectivity index (χ0v) is 12.5. The highest BCUT2D eigenvalue weighted by atomic mass is 16.5. The Bertz CT molecular complexity index is 526. The average Bonchev–Trinajstić information content (AvgIpc) is 2.96. The highest BCUT2D eigenvalue weighted by Gasteiger charge is 2.37. The molecule has 2 rings (SSSR count). The zero-order valence-electron chi connectivity index (χ0n) is 12.5. The smallest absolute Gasteiger partial charge is 0.321 e. The molecule has 2 N–H and O–H groups in total. The molecule has 1 aliphatic rings. The lowest BCUT2D eigenvalue weighted by Crippen LogP contribution is -2.43. The molecular formula is C14H21N3O4. The first kappa shape index (κ1) is 15.5. The maximum Gasteiger partial charge on any atom is 0.321 e. The van der Waals surface area contributed by atoms with Gasteiger partial charge in [-0.3, -0.25) is 19.8 Å². The van der Waals surface area contributed by atoms with Gasteiger partial charge in [0.2, 0.25) is 11.8 Å². The van der Waals surface area contributed by atoms with Gasteiger partial charge < -0.3 is 9.63 Å². The van der Waals surface area contributed by atoms with Crippen LogP contribution in [0.3, 0.4) is 0 Å². The maximum absolute atomic E-state index is 12.0. The number of nitrogens with one attached hydrogen (secondary N) is 1. The Hall–Kier alpha value is -1.89. The minimum absolute atomic E-state index is 0.0407. The second-order valence-electron chi connectivity index (χ2n) is 5.84. The van der Waals surface area contributed by atoms with E-state index < -0.39 is 12.0 Å². The summed E-state index contributed by atoms with van der Waals surface area (Å²) in [6.45, 7) is 6.50. The van der Waals surface area contributed by atoms with Crippen LogP contribution in [0.15, 0.2) is 10.6 Å². The molecule has 7 nitrogen and oxygen atoms in total. The highest BCUT2D eigenvalue weighted by Crippen LogP contribution is 2.24. The van der Waals surface area contributed by atoms with E-state index in [-0.39, 0.29) is 24.3 Å². The van der Waals surface area contributed by atoms with Crippen molar-refractivity contribution in [1.82, 2.24) is 10.1 Å². The van der Waals surface area contributed by atoms with Gasteiger partial charge >= 0.3 is 5.97 Å². The monoisotopic (exact) mass is 295 g/mol. The quantitative estimate of drug-likeness (QED) is 0.855. The van der Waals surface area contributed by atoms with E-state index in [0.717, 1.165) is 12.1 Å². The average molecular weight is 295 g/mol. The first-order chi connectivity index (χ1) is 9.88. The summed E-state index contributed by atoms with van der Waals surface area (Å²) in [5, 5.41) is 15.7. The summed E-state index contributed by atoms with van der Waals surface area (Å²) >= 11 is 0. The molecule has 0 aliphatic carbocycles. The number of carbonyl (C=O) groups excluding carboxylic acids is 1. The van der Waals surface area contributed by atoms with Gasteiger partial charge in [-0.15, -0.1) is 0 Å². The predicted molar refractivity (Wildman–Crippen MR) is 76.0 cm³/mol.